The molecule has 4 radical (unpaired) electrons. The standard InChI is InChI=1S/C128H110N8.2Pb/c1-121(2,3)73-43-69(44-74(53-73)122(4,5)6)103-91-39-41-93(129-91)111-81-37-35-65-33-31-63-27-25-29-67-51-83(109(81)107(65)101(63)67)85-57-97(131-115(85)111)106(72-49-79(127(19,20)21)56-80(50-72)128(22,23)24)100-62-90-88-60-96-104(70-45-75(123(7,8)9)54-76(46-70)124(10,11)12)92-40-42-94(130-92)112-82-38-36-66-34-32-64-28-26-30-68-52-84(110(82)108(66)102(64)68)86-58-98(132-116(86)112)105(71-47-77(125(13,14)15)55-78(48-71)126(16,17)18)99-61-89-87-59-95(103)133-117(87)113(120(90)136-100)114(118(88)134-96)119(89)135-99;;/h25-62H,1-24H3;;/q-4;2*+2. The maximum absolute atomic E-state index is 6.70. The van der Waals surface area contributed by atoms with Crippen LogP contribution in [0.25, 0.3) is 165 Å². The first-order valence-electron chi connectivity index (χ1n) is 49.7. The second-order valence-electron chi connectivity index (χ2n) is 49.5. The summed E-state index contributed by atoms with van der Waals surface area (Å²) < 4.78 is 11.9. The van der Waals surface area contributed by atoms with E-state index in [0.29, 0.717) is 0 Å². The number of hydrogen-bond donors (Lipinski definition) is 0. The van der Waals surface area contributed by atoms with E-state index in [1.165, 1.54) is 228 Å². The molecule has 0 aliphatic carbocycles. The zero-order valence-corrected chi connectivity index (χ0v) is 91.3. The van der Waals surface area contributed by atoms with E-state index < -0.39 is 49.7 Å². The van der Waals surface area contributed by atoms with Crippen LogP contribution in [0.5, 0.6) is 0 Å². The third-order valence-electron chi connectivity index (χ3n) is 32.2. The molecule has 0 saturated carbocycles. The van der Waals surface area contributed by atoms with Gasteiger partial charge in [-0.25, -0.2) is 0 Å². The zero-order valence-electron chi connectivity index (χ0n) is 83.5. The van der Waals surface area contributed by atoms with Gasteiger partial charge in [0.15, 0.2) is 0 Å². The summed E-state index contributed by atoms with van der Waals surface area (Å²) in [5.74, 6) is 0. The van der Waals surface area contributed by atoms with Crippen LogP contribution in [-0.2, 0) is 43.3 Å². The van der Waals surface area contributed by atoms with Gasteiger partial charge in [-0.3, -0.25) is 0 Å². The van der Waals surface area contributed by atoms with Crippen molar-refractivity contribution in [1.29, 1.82) is 0 Å². The average molecular weight is 2170 g/mol. The molecule has 0 atom stereocenters. The van der Waals surface area contributed by atoms with Crippen LogP contribution in [0.4, 0.5) is 11.4 Å². The summed E-state index contributed by atoms with van der Waals surface area (Å²) in [4.78, 5) is 26.4. The molecule has 0 N–H and O–H groups in total. The summed E-state index contributed by atoms with van der Waals surface area (Å²) in [5, 5.41) is 38.9. The van der Waals surface area contributed by atoms with E-state index in [-0.39, 0.29) is 43.3 Å². The molecule has 28 rings (SSSR count). The first-order valence-corrected chi connectivity index (χ1v) is 56.7. The van der Waals surface area contributed by atoms with E-state index in [1.807, 2.05) is 0 Å². The molecule has 4 aromatic heterocycles. The number of fused-ring (bicyclic) bond motifs is 8. The van der Waals surface area contributed by atoms with Crippen LogP contribution in [0, 0.1) is 21.1 Å². The van der Waals surface area contributed by atoms with Crippen LogP contribution < -0.4 is 42.3 Å². The van der Waals surface area contributed by atoms with Crippen molar-refractivity contribution in [3.8, 4) is 0 Å². The van der Waals surface area contributed by atoms with E-state index in [9.17, 15) is 0 Å². The summed E-state index contributed by atoms with van der Waals surface area (Å²) in [5.41, 5.74) is 28.7. The molecular formula is C128H110N8Pb2. The predicted octanol–water partition coefficient (Wildman–Crippen LogP) is 25.2. The Morgan fingerprint density at radius 2 is 0.522 bits per heavy atom. The first-order chi connectivity index (χ1) is 65.4. The van der Waals surface area contributed by atoms with E-state index in [2.05, 4.69) is 406 Å². The monoisotopic (exact) mass is 2170 g/mol. The zero-order chi connectivity index (χ0) is 94.9. The van der Waals surface area contributed by atoms with Crippen molar-refractivity contribution in [3.63, 3.8) is 0 Å². The van der Waals surface area contributed by atoms with Gasteiger partial charge in [-0.15, -0.1) is 0 Å². The van der Waals surface area contributed by atoms with Crippen LogP contribution in [0.1, 0.15) is 244 Å². The van der Waals surface area contributed by atoms with Gasteiger partial charge >= 0.3 is 836 Å². The minimum absolute atomic E-state index is 0.214. The van der Waals surface area contributed by atoms with E-state index >= 15 is 0 Å². The van der Waals surface area contributed by atoms with E-state index in [0.717, 1.165) is 88.4 Å². The van der Waals surface area contributed by atoms with Gasteiger partial charge in [-0.05, 0) is 0 Å². The average Bonchev–Trinajstić information content (AvgIpc) is 1.48. The molecule has 0 spiro atoms. The molecule has 8 aliphatic heterocycles. The molecular weight excluding hydrogens is 2060 g/mol. The molecule has 12 bridgehead atoms. The van der Waals surface area contributed by atoms with Gasteiger partial charge in [0.05, 0.1) is 0 Å². The van der Waals surface area contributed by atoms with Crippen LogP contribution in [-0.4, -0.2) is 70.6 Å². The Bertz CT molecular complexity index is 9550. The fourth-order valence-corrected chi connectivity index (χ4v) is 35.5. The first kappa shape index (κ1) is 83.9. The van der Waals surface area contributed by atoms with Crippen molar-refractivity contribution in [2.75, 3.05) is 0 Å². The third kappa shape index (κ3) is 11.6. The van der Waals surface area contributed by atoms with Crippen LogP contribution >= 0.6 is 0 Å². The quantitative estimate of drug-likeness (QED) is 0.0957. The Balaban J connectivity index is 0.902. The maximum atomic E-state index is 6.70. The van der Waals surface area contributed by atoms with Gasteiger partial charge in [0, 0.05) is 0 Å². The predicted molar refractivity (Wildman–Crippen MR) is 583 cm³/mol. The van der Waals surface area contributed by atoms with Crippen molar-refractivity contribution < 1.29 is 0 Å². The van der Waals surface area contributed by atoms with Gasteiger partial charge in [0.2, 0.25) is 0 Å². The molecule has 10 heteroatoms. The summed E-state index contributed by atoms with van der Waals surface area (Å²) in [7, 11) is 0. The normalized spacial score (nSPS) is 15.7. The van der Waals surface area contributed by atoms with Gasteiger partial charge in [-0.2, -0.15) is 0 Å². The van der Waals surface area contributed by atoms with Crippen molar-refractivity contribution in [2.45, 2.75) is 209 Å². The Hall–Kier alpha value is -12.2. The molecule has 8 nitrogen and oxygen atoms in total. The van der Waals surface area contributed by atoms with Crippen molar-refractivity contribution in [3.05, 3.63) is 359 Å². The molecule has 8 aliphatic rings. The summed E-state index contributed by atoms with van der Waals surface area (Å²) in [6, 6.07) is 84.1. The van der Waals surface area contributed by atoms with Crippen molar-refractivity contribution >= 4 is 238 Å². The Labute approximate surface area is 828 Å². The Morgan fingerprint density at radius 3 is 0.848 bits per heavy atom. The topological polar surface area (TPSA) is 69.2 Å². The second-order valence-corrected chi connectivity index (χ2v) is 58.0. The third-order valence-corrected chi connectivity index (χ3v) is 42.7. The van der Waals surface area contributed by atoms with E-state index in [4.69, 9.17) is 20.0 Å². The fraction of sp³-hybridized carbons (Fsp3) is 0.250. The number of nitrogens with zero attached hydrogens (tertiary/aromatic N) is 8. The van der Waals surface area contributed by atoms with Gasteiger partial charge < -0.3 is 0 Å². The second kappa shape index (κ2) is 27.1. The molecule has 670 valence electrons. The number of benzene rings is 16. The van der Waals surface area contributed by atoms with E-state index in [1.54, 1.807) is 0 Å². The van der Waals surface area contributed by atoms with Crippen molar-refractivity contribution in [1.82, 2.24) is 9.51 Å². The number of rotatable bonds is 4. The molecule has 0 fully saturated rings. The Morgan fingerprint density at radius 1 is 0.225 bits per heavy atom. The number of aromatic nitrogens is 4. The molecule has 12 heterocycles. The van der Waals surface area contributed by atoms with Crippen LogP contribution in [0.3, 0.4) is 0 Å². The van der Waals surface area contributed by atoms with Crippen LogP contribution in [0.15, 0.2) is 238 Å². The molecule has 20 aromatic rings. The minimum atomic E-state index is -2.88. The fourth-order valence-electron chi connectivity index (χ4n) is 24.6. The van der Waals surface area contributed by atoms with Gasteiger partial charge in [0.25, 0.3) is 0 Å². The molecule has 16 aromatic carbocycles. The summed E-state index contributed by atoms with van der Waals surface area (Å²) in [6.07, 6.45) is 10.3. The van der Waals surface area contributed by atoms with Crippen LogP contribution in [0.2, 0.25) is 0 Å². The van der Waals surface area contributed by atoms with Crippen molar-refractivity contribution in [2.24, 2.45) is 20.0 Å². The molecule has 0 amide bonds. The Kier molecular flexibility index (Phi) is 16.4. The summed E-state index contributed by atoms with van der Waals surface area (Å²) in [6.45, 7) is 57.7. The number of hydrogen-bond acceptors (Lipinski definition) is 4. The SMILES string of the molecule is CC(C)(C)c1cc(C2=C3C=c4c(c(c5ccc6ccc7cccc8cc4c5c6c78)=c4ccc5[n]4[Pb][n]4c2cc2c6c7c8c(c9c(c%10cc%11[n](c%108)[Pb][n]8c(ccc8=c8c%10c(c%12cc%13cccc%14ccc%15ccc8c%12c%15c%14%13)=CC(=C%11c8cc(C(C)(C)C)cc(C(C)(C)C)c8)N=%10)=C(c8cc(C(C)(C)C)cc(C(C)(C)C)c8)C(=N7)C=6)=CC(=N9)C=5c5cc(C(C)(C)C)cc(C(C)(C)C)c5)c24)=N3)cc(C(C)(C)C)c1. The summed E-state index contributed by atoms with van der Waals surface area (Å²) >= 11 is -5.76. The number of allylic oxidation sites excluding steroid dienone is 2. The molecule has 0 unspecified atom stereocenters. The van der Waals surface area contributed by atoms with Gasteiger partial charge in [0.1, 0.15) is 0 Å². The molecule has 0 saturated heterocycles. The van der Waals surface area contributed by atoms with Gasteiger partial charge in [-0.1, -0.05) is 0 Å². The number of aliphatic imine (C=N–C) groups is 2. The molecule has 138 heavy (non-hydrogen) atoms.